The Kier molecular flexibility index (Phi) is 3.57. The molecule has 0 atom stereocenters. The molecule has 0 N–H and O–H groups in total. The third kappa shape index (κ3) is 3.14. The molecule has 2 heterocycles. The summed E-state index contributed by atoms with van der Waals surface area (Å²) in [6.45, 7) is 15.4. The van der Waals surface area contributed by atoms with Crippen molar-refractivity contribution in [3.05, 3.63) is 42.5 Å². The fourth-order valence-electron chi connectivity index (χ4n) is 2.05. The quantitative estimate of drug-likeness (QED) is 0.769. The van der Waals surface area contributed by atoms with E-state index >= 15 is 0 Å². The molecule has 0 fully saturated rings. The number of anilines is 1. The van der Waals surface area contributed by atoms with Crippen molar-refractivity contribution in [2.24, 2.45) is 0 Å². The van der Waals surface area contributed by atoms with Gasteiger partial charge in [-0.1, -0.05) is 41.5 Å². The number of pyridine rings is 1. The fraction of sp³-hybridized carbons (Fsp3) is 0.529. The predicted molar refractivity (Wildman–Crippen MR) is 85.3 cm³/mol. The van der Waals surface area contributed by atoms with Crippen LogP contribution in [-0.4, -0.2) is 16.9 Å². The van der Waals surface area contributed by atoms with E-state index in [0.29, 0.717) is 0 Å². The van der Waals surface area contributed by atoms with Crippen LogP contribution in [0.15, 0.2) is 24.5 Å². The maximum Gasteiger partial charge on any atom is 0.147 e. The van der Waals surface area contributed by atoms with Gasteiger partial charge in [0.2, 0.25) is 0 Å². The average Bonchev–Trinajstić information content (AvgIpc) is 2.73. The first kappa shape index (κ1) is 14.9. The second kappa shape index (κ2) is 4.80. The van der Waals surface area contributed by atoms with Gasteiger partial charge in [0.05, 0.1) is 0 Å². The van der Waals surface area contributed by atoms with Gasteiger partial charge in [0.1, 0.15) is 12.5 Å². The van der Waals surface area contributed by atoms with E-state index in [-0.39, 0.29) is 10.8 Å². The molecule has 1 aliphatic rings. The first-order valence-corrected chi connectivity index (χ1v) is 7.14. The van der Waals surface area contributed by atoms with Gasteiger partial charge in [-0.25, -0.2) is 4.98 Å². The molecule has 0 aromatic carbocycles. The highest BCUT2D eigenvalue weighted by Crippen LogP contribution is 2.32. The summed E-state index contributed by atoms with van der Waals surface area (Å²) >= 11 is 0. The second-order valence-corrected chi connectivity index (χ2v) is 7.59. The Morgan fingerprint density at radius 1 is 0.900 bits per heavy atom. The van der Waals surface area contributed by atoms with Crippen molar-refractivity contribution < 1.29 is 0 Å². The van der Waals surface area contributed by atoms with Gasteiger partial charge in [-0.05, 0) is 23.1 Å². The number of aromatic nitrogens is 1. The number of hydrogen-bond donors (Lipinski definition) is 0. The summed E-state index contributed by atoms with van der Waals surface area (Å²) in [6.07, 6.45) is 4.07. The Balaban J connectivity index is 2.49. The number of nitrogens with zero attached hydrogens (tertiary/aromatic N) is 3. The van der Waals surface area contributed by atoms with Crippen molar-refractivity contribution in [1.82, 2.24) is 9.88 Å². The highest BCUT2D eigenvalue weighted by Gasteiger charge is 2.24. The highest BCUT2D eigenvalue weighted by molar-refractivity contribution is 5.50. The molecule has 20 heavy (non-hydrogen) atoms. The molecule has 0 saturated heterocycles. The molecule has 0 unspecified atom stereocenters. The van der Waals surface area contributed by atoms with Crippen LogP contribution in [-0.2, 0) is 10.8 Å². The molecule has 1 aromatic heterocycles. The lowest BCUT2D eigenvalue weighted by molar-refractivity contribution is 0.548. The summed E-state index contributed by atoms with van der Waals surface area (Å²) in [5.41, 5.74) is 2.62. The summed E-state index contributed by atoms with van der Waals surface area (Å²) < 4.78 is 0. The Bertz CT molecular complexity index is 486. The van der Waals surface area contributed by atoms with Gasteiger partial charge in [0.25, 0.3) is 0 Å². The van der Waals surface area contributed by atoms with E-state index in [9.17, 15) is 0 Å². The van der Waals surface area contributed by atoms with E-state index in [2.05, 4.69) is 58.6 Å². The Morgan fingerprint density at radius 2 is 1.55 bits per heavy atom. The molecule has 0 bridgehead atoms. The molecule has 2 rings (SSSR count). The molecule has 3 nitrogen and oxygen atoms in total. The minimum Gasteiger partial charge on any atom is -0.356 e. The van der Waals surface area contributed by atoms with Gasteiger partial charge in [-0.2, -0.15) is 0 Å². The number of rotatable bonds is 1. The summed E-state index contributed by atoms with van der Waals surface area (Å²) in [4.78, 5) is 8.96. The van der Waals surface area contributed by atoms with E-state index in [1.807, 2.05) is 31.0 Å². The molecule has 109 valence electrons. The maximum atomic E-state index is 4.85. The van der Waals surface area contributed by atoms with E-state index < -0.39 is 0 Å². The minimum absolute atomic E-state index is 0.0470. The van der Waals surface area contributed by atoms with Crippen molar-refractivity contribution in [2.75, 3.05) is 11.9 Å². The predicted octanol–water partition coefficient (Wildman–Crippen LogP) is 4.02. The Labute approximate surface area is 123 Å². The van der Waals surface area contributed by atoms with Crippen LogP contribution in [0, 0.1) is 6.67 Å². The van der Waals surface area contributed by atoms with Crippen molar-refractivity contribution in [1.29, 1.82) is 0 Å². The molecule has 0 aliphatic carbocycles. The summed E-state index contributed by atoms with van der Waals surface area (Å²) in [6, 6.07) is 4.43. The molecule has 1 aliphatic heterocycles. The smallest absolute Gasteiger partial charge is 0.147 e. The summed E-state index contributed by atoms with van der Waals surface area (Å²) in [7, 11) is 2.02. The first-order valence-electron chi connectivity index (χ1n) is 7.14. The van der Waals surface area contributed by atoms with Gasteiger partial charge in [0, 0.05) is 30.6 Å². The van der Waals surface area contributed by atoms with Crippen LogP contribution < -0.4 is 4.90 Å². The van der Waals surface area contributed by atoms with Gasteiger partial charge in [-0.3, -0.25) is 0 Å². The molecule has 0 spiro atoms. The van der Waals surface area contributed by atoms with Crippen molar-refractivity contribution in [2.45, 2.75) is 52.4 Å². The van der Waals surface area contributed by atoms with Gasteiger partial charge < -0.3 is 9.80 Å². The van der Waals surface area contributed by atoms with Crippen LogP contribution in [0.4, 0.5) is 5.82 Å². The molecule has 1 radical (unpaired) electrons. The lowest BCUT2D eigenvalue weighted by atomic mass is 9.83. The SMILES string of the molecule is CN1[CH]N(c2cc(C(C)(C)C)cc(C(C)(C)C)n2)C=C1. The standard InChI is InChI=1S/C17H26N3/c1-16(2,3)13-10-14(17(4,5)6)18-15(11-13)20-9-8-19(7)12-20/h8-12H,1-7H3. The van der Waals surface area contributed by atoms with Crippen molar-refractivity contribution in [3.8, 4) is 0 Å². The zero-order valence-electron chi connectivity index (χ0n) is 13.7. The third-order valence-electron chi connectivity index (χ3n) is 3.48. The topological polar surface area (TPSA) is 19.4 Å². The van der Waals surface area contributed by atoms with Crippen LogP contribution in [0.3, 0.4) is 0 Å². The molecule has 0 amide bonds. The first-order chi connectivity index (χ1) is 9.07. The second-order valence-electron chi connectivity index (χ2n) is 7.59. The van der Waals surface area contributed by atoms with Gasteiger partial charge >= 0.3 is 0 Å². The summed E-state index contributed by atoms with van der Waals surface area (Å²) in [5, 5.41) is 0. The van der Waals surface area contributed by atoms with Crippen LogP contribution in [0.1, 0.15) is 52.8 Å². The van der Waals surface area contributed by atoms with Crippen LogP contribution in [0.2, 0.25) is 0 Å². The van der Waals surface area contributed by atoms with E-state index in [4.69, 9.17) is 4.98 Å². The fourth-order valence-corrected chi connectivity index (χ4v) is 2.05. The van der Waals surface area contributed by atoms with Crippen molar-refractivity contribution in [3.63, 3.8) is 0 Å². The number of hydrogen-bond acceptors (Lipinski definition) is 3. The van der Waals surface area contributed by atoms with Crippen LogP contribution >= 0.6 is 0 Å². The highest BCUT2D eigenvalue weighted by atomic mass is 15.3. The molecular formula is C17H26N3. The third-order valence-corrected chi connectivity index (χ3v) is 3.48. The van der Waals surface area contributed by atoms with Crippen molar-refractivity contribution >= 4 is 5.82 Å². The lowest BCUT2D eigenvalue weighted by Crippen LogP contribution is -2.22. The lowest BCUT2D eigenvalue weighted by Gasteiger charge is -2.27. The van der Waals surface area contributed by atoms with E-state index in [1.165, 1.54) is 5.56 Å². The monoisotopic (exact) mass is 272 g/mol. The van der Waals surface area contributed by atoms with Gasteiger partial charge in [0.15, 0.2) is 0 Å². The normalized spacial score (nSPS) is 16.1. The van der Waals surface area contributed by atoms with E-state index in [0.717, 1.165) is 11.5 Å². The molecular weight excluding hydrogens is 246 g/mol. The Hall–Kier alpha value is -1.51. The molecule has 0 saturated carbocycles. The maximum absolute atomic E-state index is 4.85. The van der Waals surface area contributed by atoms with Crippen LogP contribution in [0.25, 0.3) is 0 Å². The summed E-state index contributed by atoms with van der Waals surface area (Å²) in [5.74, 6) is 0.989. The van der Waals surface area contributed by atoms with Gasteiger partial charge in [-0.15, -0.1) is 0 Å². The van der Waals surface area contributed by atoms with Crippen LogP contribution in [0.5, 0.6) is 0 Å². The molecule has 1 aromatic rings. The average molecular weight is 272 g/mol. The molecule has 3 heteroatoms. The largest absolute Gasteiger partial charge is 0.356 e. The minimum atomic E-state index is 0.0470. The zero-order chi connectivity index (χ0) is 15.1. The zero-order valence-corrected chi connectivity index (χ0v) is 13.7. The van der Waals surface area contributed by atoms with E-state index in [1.54, 1.807) is 0 Å². The Morgan fingerprint density at radius 3 is 2.00 bits per heavy atom.